The largest absolute Gasteiger partial charge is 0.468 e. The maximum Gasteiger partial charge on any atom is 0.318 e. The van der Waals surface area contributed by atoms with Crippen molar-refractivity contribution in [2.45, 2.75) is 0 Å². The number of rotatable bonds is 2. The van der Waals surface area contributed by atoms with E-state index in [4.69, 9.17) is 5.11 Å². The van der Waals surface area contributed by atoms with Crippen LogP contribution < -0.4 is 5.32 Å². The van der Waals surface area contributed by atoms with E-state index in [-0.39, 0.29) is 18.4 Å². The molecule has 0 aliphatic carbocycles. The highest BCUT2D eigenvalue weighted by molar-refractivity contribution is 5.99. The number of aliphatic hydroxyl groups is 1. The first kappa shape index (κ1) is 8.99. The Kier molecular flexibility index (Phi) is 2.65. The maximum absolute atomic E-state index is 11.0. The van der Waals surface area contributed by atoms with Gasteiger partial charge in [-0.3, -0.25) is 9.59 Å². The molecule has 1 amide bonds. The van der Waals surface area contributed by atoms with E-state index in [0.29, 0.717) is 6.54 Å². The third-order valence-electron chi connectivity index (χ3n) is 1.98. The van der Waals surface area contributed by atoms with Crippen molar-refractivity contribution < 1.29 is 19.4 Å². The van der Waals surface area contributed by atoms with Crippen molar-refractivity contribution in [3.05, 3.63) is 0 Å². The van der Waals surface area contributed by atoms with Gasteiger partial charge in [0.25, 0.3) is 0 Å². The van der Waals surface area contributed by atoms with Gasteiger partial charge in [-0.25, -0.2) is 0 Å². The van der Waals surface area contributed by atoms with Crippen LogP contribution in [-0.2, 0) is 14.3 Å². The molecule has 2 unspecified atom stereocenters. The van der Waals surface area contributed by atoms with Crippen molar-refractivity contribution in [2.75, 3.05) is 20.3 Å². The molecule has 1 heterocycles. The van der Waals surface area contributed by atoms with Gasteiger partial charge in [-0.05, 0) is 0 Å². The Morgan fingerprint density at radius 2 is 2.50 bits per heavy atom. The van der Waals surface area contributed by atoms with Crippen molar-refractivity contribution in [1.82, 2.24) is 5.32 Å². The lowest BCUT2D eigenvalue weighted by Gasteiger charge is -2.10. The van der Waals surface area contributed by atoms with Gasteiger partial charge in [0.05, 0.1) is 7.11 Å². The van der Waals surface area contributed by atoms with Gasteiger partial charge in [-0.2, -0.15) is 0 Å². The van der Waals surface area contributed by atoms with Gasteiger partial charge >= 0.3 is 5.97 Å². The van der Waals surface area contributed by atoms with Crippen molar-refractivity contribution in [1.29, 1.82) is 0 Å². The van der Waals surface area contributed by atoms with Crippen LogP contribution in [0.5, 0.6) is 0 Å². The molecule has 0 aromatic rings. The molecule has 1 aliphatic heterocycles. The molecule has 0 aromatic carbocycles. The van der Waals surface area contributed by atoms with Crippen molar-refractivity contribution in [3.8, 4) is 0 Å². The molecule has 1 rings (SSSR count). The highest BCUT2D eigenvalue weighted by atomic mass is 16.5. The number of hydrogen-bond donors (Lipinski definition) is 2. The number of aliphatic hydroxyl groups excluding tert-OH is 1. The van der Waals surface area contributed by atoms with E-state index in [1.54, 1.807) is 0 Å². The second-order valence-corrected chi connectivity index (χ2v) is 2.69. The van der Waals surface area contributed by atoms with Gasteiger partial charge in [-0.15, -0.1) is 0 Å². The Bertz CT molecular complexity index is 204. The standard InChI is InChI=1S/C7H11NO4/c1-12-7(11)5-4(3-9)2-8-6(5)10/h4-5,9H,2-3H2,1H3,(H,8,10). The predicted octanol–water partition coefficient (Wildman–Crippen LogP) is -1.49. The molecule has 12 heavy (non-hydrogen) atoms. The summed E-state index contributed by atoms with van der Waals surface area (Å²) in [7, 11) is 1.22. The van der Waals surface area contributed by atoms with E-state index in [1.807, 2.05) is 0 Å². The molecule has 1 saturated heterocycles. The van der Waals surface area contributed by atoms with E-state index in [0.717, 1.165) is 0 Å². The summed E-state index contributed by atoms with van der Waals surface area (Å²) in [6, 6.07) is 0. The Morgan fingerprint density at radius 1 is 1.83 bits per heavy atom. The second kappa shape index (κ2) is 3.53. The summed E-state index contributed by atoms with van der Waals surface area (Å²) in [4.78, 5) is 22.0. The van der Waals surface area contributed by atoms with Crippen molar-refractivity contribution >= 4 is 11.9 Å². The predicted molar refractivity (Wildman–Crippen MR) is 39.1 cm³/mol. The molecule has 2 atom stereocenters. The van der Waals surface area contributed by atoms with Crippen LogP contribution in [0.3, 0.4) is 0 Å². The highest BCUT2D eigenvalue weighted by Crippen LogP contribution is 2.18. The van der Waals surface area contributed by atoms with Gasteiger partial charge in [0.2, 0.25) is 5.91 Å². The fourth-order valence-electron chi connectivity index (χ4n) is 1.27. The average molecular weight is 173 g/mol. The first-order valence-corrected chi connectivity index (χ1v) is 3.67. The molecule has 5 nitrogen and oxygen atoms in total. The molecule has 0 bridgehead atoms. The molecule has 0 saturated carbocycles. The number of esters is 1. The zero-order valence-electron chi connectivity index (χ0n) is 6.74. The topological polar surface area (TPSA) is 75.6 Å². The van der Waals surface area contributed by atoms with Gasteiger partial charge < -0.3 is 15.2 Å². The number of amides is 1. The minimum Gasteiger partial charge on any atom is -0.468 e. The average Bonchev–Trinajstić information content (AvgIpc) is 2.45. The quantitative estimate of drug-likeness (QED) is 0.394. The van der Waals surface area contributed by atoms with Crippen LogP contribution >= 0.6 is 0 Å². The monoisotopic (exact) mass is 173 g/mol. The van der Waals surface area contributed by atoms with Gasteiger partial charge in [0.15, 0.2) is 0 Å². The smallest absolute Gasteiger partial charge is 0.318 e. The summed E-state index contributed by atoms with van der Waals surface area (Å²) >= 11 is 0. The first-order valence-electron chi connectivity index (χ1n) is 3.67. The molecule has 5 heteroatoms. The van der Waals surface area contributed by atoms with E-state index in [1.165, 1.54) is 7.11 Å². The summed E-state index contributed by atoms with van der Waals surface area (Å²) in [5, 5.41) is 11.3. The van der Waals surface area contributed by atoms with Crippen LogP contribution in [-0.4, -0.2) is 37.2 Å². The van der Waals surface area contributed by atoms with Gasteiger partial charge in [-0.1, -0.05) is 0 Å². The number of carbonyl (C=O) groups excluding carboxylic acids is 2. The van der Waals surface area contributed by atoms with Gasteiger partial charge in [0, 0.05) is 19.1 Å². The van der Waals surface area contributed by atoms with Crippen molar-refractivity contribution in [2.24, 2.45) is 11.8 Å². The van der Waals surface area contributed by atoms with Gasteiger partial charge in [0.1, 0.15) is 5.92 Å². The number of nitrogens with one attached hydrogen (secondary N) is 1. The van der Waals surface area contributed by atoms with Crippen LogP contribution in [0.15, 0.2) is 0 Å². The summed E-state index contributed by atoms with van der Waals surface area (Å²) < 4.78 is 4.43. The highest BCUT2D eigenvalue weighted by Gasteiger charge is 2.40. The SMILES string of the molecule is COC(=O)C1C(=O)NCC1CO. The summed E-state index contributed by atoms with van der Waals surface area (Å²) in [5.74, 6) is -2.12. The lowest BCUT2D eigenvalue weighted by Crippen LogP contribution is -2.29. The minimum atomic E-state index is -0.833. The van der Waals surface area contributed by atoms with Crippen molar-refractivity contribution in [3.63, 3.8) is 0 Å². The first-order chi connectivity index (χ1) is 5.70. The minimum absolute atomic E-state index is 0.182. The molecule has 0 spiro atoms. The molecule has 0 aromatic heterocycles. The maximum atomic E-state index is 11.0. The Labute approximate surface area is 69.7 Å². The molecule has 2 N–H and O–H groups in total. The van der Waals surface area contributed by atoms with Crippen LogP contribution in [0.2, 0.25) is 0 Å². The number of methoxy groups -OCH3 is 1. The second-order valence-electron chi connectivity index (χ2n) is 2.69. The molecular formula is C7H11NO4. The number of ether oxygens (including phenoxy) is 1. The third-order valence-corrected chi connectivity index (χ3v) is 1.98. The Balaban J connectivity index is 2.70. The summed E-state index contributed by atoms with van der Waals surface area (Å²) in [6.07, 6.45) is 0. The van der Waals surface area contributed by atoms with E-state index >= 15 is 0 Å². The van der Waals surface area contributed by atoms with Crippen LogP contribution in [0.25, 0.3) is 0 Å². The summed E-state index contributed by atoms with van der Waals surface area (Å²) in [6.45, 7) is 0.160. The lowest BCUT2D eigenvalue weighted by atomic mass is 9.97. The van der Waals surface area contributed by atoms with Crippen LogP contribution in [0, 0.1) is 11.8 Å². The number of hydrogen-bond acceptors (Lipinski definition) is 4. The molecule has 0 radical (unpaired) electrons. The zero-order valence-corrected chi connectivity index (χ0v) is 6.74. The third kappa shape index (κ3) is 1.40. The van der Waals surface area contributed by atoms with E-state index in [9.17, 15) is 9.59 Å². The van der Waals surface area contributed by atoms with E-state index in [2.05, 4.69) is 10.1 Å². The molecule has 1 fully saturated rings. The molecule has 68 valence electrons. The molecular weight excluding hydrogens is 162 g/mol. The Morgan fingerprint density at radius 3 is 3.00 bits per heavy atom. The van der Waals surface area contributed by atoms with Crippen LogP contribution in [0.1, 0.15) is 0 Å². The fourth-order valence-corrected chi connectivity index (χ4v) is 1.27. The lowest BCUT2D eigenvalue weighted by molar-refractivity contribution is -0.150. The summed E-state index contributed by atoms with van der Waals surface area (Å²) in [5.41, 5.74) is 0. The molecule has 1 aliphatic rings. The Hall–Kier alpha value is -1.10. The normalized spacial score (nSPS) is 28.3. The fraction of sp³-hybridized carbons (Fsp3) is 0.714. The zero-order chi connectivity index (χ0) is 9.14. The van der Waals surface area contributed by atoms with E-state index < -0.39 is 11.9 Å². The van der Waals surface area contributed by atoms with Crippen LogP contribution in [0.4, 0.5) is 0 Å². The number of carbonyl (C=O) groups is 2.